The molecule has 0 aliphatic heterocycles. The molecule has 1 aromatic carbocycles. The monoisotopic (exact) mass is 149 g/mol. The Bertz CT molecular complexity index is 286. The third-order valence-electron chi connectivity index (χ3n) is 1.27. The van der Waals surface area contributed by atoms with E-state index in [2.05, 4.69) is 18.7 Å². The van der Waals surface area contributed by atoms with E-state index in [4.69, 9.17) is 5.26 Å². The molecular weight excluding hydrogens is 142 g/mol. The Labute approximate surface area is 65.7 Å². The molecule has 0 bridgehead atoms. The Morgan fingerprint density at radius 1 is 1.50 bits per heavy atom. The van der Waals surface area contributed by atoms with Crippen molar-refractivity contribution in [3.8, 4) is 6.07 Å². The Morgan fingerprint density at radius 2 is 2.20 bits per heavy atom. The molecule has 1 rings (SSSR count). The maximum atomic E-state index is 8.54. The lowest BCUT2D eigenvalue weighted by Gasteiger charge is -1.95. The molecule has 1 aromatic rings. The molecule has 10 heavy (non-hydrogen) atoms. The van der Waals surface area contributed by atoms with E-state index in [1.807, 2.05) is 25.1 Å². The third-order valence-corrected chi connectivity index (χ3v) is 1.66. The van der Waals surface area contributed by atoms with Gasteiger partial charge in [-0.1, -0.05) is 6.07 Å². The number of nitriles is 1. The zero-order valence-corrected chi connectivity index (χ0v) is 6.52. The lowest BCUT2D eigenvalue weighted by molar-refractivity contribution is 1.33. The van der Waals surface area contributed by atoms with Crippen molar-refractivity contribution in [3.63, 3.8) is 0 Å². The minimum absolute atomic E-state index is 0.642. The van der Waals surface area contributed by atoms with Crippen LogP contribution in [0, 0.1) is 18.3 Å². The van der Waals surface area contributed by atoms with Gasteiger partial charge in [0.05, 0.1) is 5.56 Å². The highest BCUT2D eigenvalue weighted by molar-refractivity contribution is 7.80. The Balaban J connectivity index is 3.25. The first-order chi connectivity index (χ1) is 4.74. The molecule has 0 aliphatic rings. The fourth-order valence-electron chi connectivity index (χ4n) is 0.739. The predicted molar refractivity (Wildman–Crippen MR) is 43.1 cm³/mol. The highest BCUT2D eigenvalue weighted by atomic mass is 32.1. The lowest BCUT2D eigenvalue weighted by Crippen LogP contribution is -1.78. The van der Waals surface area contributed by atoms with Crippen molar-refractivity contribution < 1.29 is 0 Å². The summed E-state index contributed by atoms with van der Waals surface area (Å²) in [5.41, 5.74) is 1.73. The van der Waals surface area contributed by atoms with E-state index < -0.39 is 0 Å². The summed E-state index contributed by atoms with van der Waals surface area (Å²) in [6.45, 7) is 1.95. The molecule has 0 radical (unpaired) electrons. The fourth-order valence-corrected chi connectivity index (χ4v) is 0.929. The molecule has 0 heterocycles. The van der Waals surface area contributed by atoms with Crippen molar-refractivity contribution in [2.75, 3.05) is 0 Å². The van der Waals surface area contributed by atoms with Gasteiger partial charge in [-0.05, 0) is 24.6 Å². The summed E-state index contributed by atoms with van der Waals surface area (Å²) in [6, 6.07) is 7.65. The summed E-state index contributed by atoms with van der Waals surface area (Å²) in [4.78, 5) is 0.744. The standard InChI is InChI=1S/C8H7NS/c1-6-2-3-8(10)7(4-6)5-9/h2-4,10H,1H3. The van der Waals surface area contributed by atoms with Crippen LogP contribution in [0.4, 0.5) is 0 Å². The van der Waals surface area contributed by atoms with Crippen molar-refractivity contribution in [2.45, 2.75) is 11.8 Å². The van der Waals surface area contributed by atoms with Crippen molar-refractivity contribution in [1.82, 2.24) is 0 Å². The van der Waals surface area contributed by atoms with Crippen LogP contribution in [-0.2, 0) is 0 Å². The molecule has 0 aromatic heterocycles. The van der Waals surface area contributed by atoms with E-state index in [0.29, 0.717) is 5.56 Å². The van der Waals surface area contributed by atoms with Gasteiger partial charge in [-0.2, -0.15) is 5.26 Å². The molecule has 2 heteroatoms. The van der Waals surface area contributed by atoms with E-state index in [-0.39, 0.29) is 0 Å². The molecule has 0 saturated carbocycles. The van der Waals surface area contributed by atoms with Crippen molar-refractivity contribution in [1.29, 1.82) is 5.26 Å². The average Bonchev–Trinajstić information content (AvgIpc) is 1.94. The Kier molecular flexibility index (Phi) is 1.98. The summed E-state index contributed by atoms with van der Waals surface area (Å²) in [7, 11) is 0. The number of aryl methyl sites for hydroxylation is 1. The van der Waals surface area contributed by atoms with Crippen molar-refractivity contribution >= 4 is 12.6 Å². The summed E-state index contributed by atoms with van der Waals surface area (Å²) in [6.07, 6.45) is 0. The Morgan fingerprint density at radius 3 is 2.70 bits per heavy atom. The molecule has 0 saturated heterocycles. The summed E-state index contributed by atoms with van der Waals surface area (Å²) < 4.78 is 0. The zero-order valence-electron chi connectivity index (χ0n) is 5.63. The van der Waals surface area contributed by atoms with Crippen LogP contribution in [-0.4, -0.2) is 0 Å². The van der Waals surface area contributed by atoms with E-state index >= 15 is 0 Å². The van der Waals surface area contributed by atoms with Gasteiger partial charge in [0.15, 0.2) is 0 Å². The van der Waals surface area contributed by atoms with E-state index in [1.54, 1.807) is 0 Å². The van der Waals surface area contributed by atoms with Gasteiger partial charge in [0, 0.05) is 4.90 Å². The maximum absolute atomic E-state index is 8.54. The van der Waals surface area contributed by atoms with E-state index in [9.17, 15) is 0 Å². The SMILES string of the molecule is Cc1ccc(S)c(C#N)c1. The summed E-state index contributed by atoms with van der Waals surface area (Å²) in [5, 5.41) is 8.54. The van der Waals surface area contributed by atoms with Gasteiger partial charge in [-0.25, -0.2) is 0 Å². The van der Waals surface area contributed by atoms with Gasteiger partial charge < -0.3 is 0 Å². The minimum atomic E-state index is 0.642. The highest BCUT2D eigenvalue weighted by Gasteiger charge is 1.95. The molecule has 1 nitrogen and oxygen atoms in total. The maximum Gasteiger partial charge on any atom is 0.100 e. The number of benzene rings is 1. The fraction of sp³-hybridized carbons (Fsp3) is 0.125. The van der Waals surface area contributed by atoms with E-state index in [0.717, 1.165) is 10.5 Å². The molecular formula is C8H7NS. The van der Waals surface area contributed by atoms with Crippen LogP contribution in [0.1, 0.15) is 11.1 Å². The van der Waals surface area contributed by atoms with Crippen LogP contribution in [0.3, 0.4) is 0 Å². The van der Waals surface area contributed by atoms with Crippen LogP contribution in [0.25, 0.3) is 0 Å². The second-order valence-electron chi connectivity index (χ2n) is 2.13. The van der Waals surface area contributed by atoms with Gasteiger partial charge in [-0.3, -0.25) is 0 Å². The third kappa shape index (κ3) is 1.31. The van der Waals surface area contributed by atoms with Gasteiger partial charge >= 0.3 is 0 Å². The molecule has 0 spiro atoms. The Hall–Kier alpha value is -0.940. The first kappa shape index (κ1) is 7.17. The normalized spacial score (nSPS) is 8.90. The van der Waals surface area contributed by atoms with Gasteiger partial charge in [0.2, 0.25) is 0 Å². The van der Waals surface area contributed by atoms with Crippen LogP contribution in [0.5, 0.6) is 0 Å². The number of thiol groups is 1. The van der Waals surface area contributed by atoms with Crippen LogP contribution in [0.15, 0.2) is 23.1 Å². The smallest absolute Gasteiger partial charge is 0.100 e. The molecule has 0 fully saturated rings. The van der Waals surface area contributed by atoms with Crippen LogP contribution in [0.2, 0.25) is 0 Å². The second-order valence-corrected chi connectivity index (χ2v) is 2.61. The molecule has 50 valence electrons. The topological polar surface area (TPSA) is 23.8 Å². The molecule has 0 aliphatic carbocycles. The van der Waals surface area contributed by atoms with Gasteiger partial charge in [-0.15, -0.1) is 12.6 Å². The van der Waals surface area contributed by atoms with Crippen LogP contribution >= 0.6 is 12.6 Å². The molecule has 0 atom stereocenters. The van der Waals surface area contributed by atoms with Gasteiger partial charge in [0.25, 0.3) is 0 Å². The quantitative estimate of drug-likeness (QED) is 0.561. The number of hydrogen-bond donors (Lipinski definition) is 1. The number of nitrogens with zero attached hydrogens (tertiary/aromatic N) is 1. The second kappa shape index (κ2) is 2.76. The summed E-state index contributed by atoms with van der Waals surface area (Å²) in [5.74, 6) is 0. The molecule has 0 unspecified atom stereocenters. The van der Waals surface area contributed by atoms with Crippen molar-refractivity contribution in [3.05, 3.63) is 29.3 Å². The predicted octanol–water partition coefficient (Wildman–Crippen LogP) is 2.16. The molecule has 0 amide bonds. The highest BCUT2D eigenvalue weighted by Crippen LogP contribution is 2.13. The first-order valence-electron chi connectivity index (χ1n) is 2.94. The van der Waals surface area contributed by atoms with Gasteiger partial charge in [0.1, 0.15) is 6.07 Å². The summed E-state index contributed by atoms with van der Waals surface area (Å²) >= 11 is 4.10. The number of hydrogen-bond acceptors (Lipinski definition) is 2. The van der Waals surface area contributed by atoms with Crippen LogP contribution < -0.4 is 0 Å². The average molecular weight is 149 g/mol. The van der Waals surface area contributed by atoms with E-state index in [1.165, 1.54) is 0 Å². The largest absolute Gasteiger partial charge is 0.192 e. The minimum Gasteiger partial charge on any atom is -0.192 e. The first-order valence-corrected chi connectivity index (χ1v) is 3.38. The molecule has 0 N–H and O–H groups in total. The van der Waals surface area contributed by atoms with Crippen molar-refractivity contribution in [2.24, 2.45) is 0 Å². The zero-order chi connectivity index (χ0) is 7.56. The number of rotatable bonds is 0. The lowest BCUT2D eigenvalue weighted by atomic mass is 10.2.